The molecule has 0 radical (unpaired) electrons. The van der Waals surface area contributed by atoms with Crippen molar-refractivity contribution in [2.75, 3.05) is 15.8 Å². The van der Waals surface area contributed by atoms with Crippen molar-refractivity contribution < 1.29 is 8.42 Å². The fourth-order valence-corrected chi connectivity index (χ4v) is 3.19. The van der Waals surface area contributed by atoms with Gasteiger partial charge in [-0.3, -0.25) is 4.72 Å². The summed E-state index contributed by atoms with van der Waals surface area (Å²) in [4.78, 5) is 0. The van der Waals surface area contributed by atoms with Crippen molar-refractivity contribution in [2.45, 2.75) is 51.5 Å². The van der Waals surface area contributed by atoms with E-state index in [2.05, 4.69) is 10.0 Å². The van der Waals surface area contributed by atoms with Gasteiger partial charge >= 0.3 is 0 Å². The normalized spacial score (nSPS) is 17.4. The van der Waals surface area contributed by atoms with Crippen LogP contribution >= 0.6 is 0 Å². The Bertz CT molecular complexity index is 503. The Labute approximate surface area is 122 Å². The van der Waals surface area contributed by atoms with Crippen LogP contribution in [0.5, 0.6) is 0 Å². The zero-order chi connectivity index (χ0) is 14.4. The molecule has 5 heteroatoms. The fourth-order valence-electron chi connectivity index (χ4n) is 2.55. The smallest absolute Gasteiger partial charge is 0.232 e. The summed E-state index contributed by atoms with van der Waals surface area (Å²) >= 11 is 0. The lowest BCUT2D eigenvalue weighted by molar-refractivity contribution is 0.602. The number of nitrogens with one attached hydrogen (secondary N) is 2. The fraction of sp³-hybridized carbons (Fsp3) is 0.600. The Morgan fingerprint density at radius 3 is 2.10 bits per heavy atom. The molecule has 1 fully saturated rings. The summed E-state index contributed by atoms with van der Waals surface area (Å²) < 4.78 is 25.5. The minimum atomic E-state index is -3.19. The molecule has 112 valence electrons. The molecule has 4 nitrogen and oxygen atoms in total. The number of rotatable bonds is 5. The number of benzene rings is 1. The van der Waals surface area contributed by atoms with E-state index in [0.29, 0.717) is 11.7 Å². The zero-order valence-corrected chi connectivity index (χ0v) is 12.9. The molecule has 1 aliphatic rings. The number of hydrogen-bond acceptors (Lipinski definition) is 3. The van der Waals surface area contributed by atoms with E-state index in [1.165, 1.54) is 38.5 Å². The Kier molecular flexibility index (Phi) is 5.29. The second-order valence-electron chi connectivity index (χ2n) is 5.42. The molecule has 20 heavy (non-hydrogen) atoms. The summed E-state index contributed by atoms with van der Waals surface area (Å²) in [6, 6.07) is 8.06. The molecule has 0 unspecified atom stereocenters. The van der Waals surface area contributed by atoms with Crippen LogP contribution < -0.4 is 10.0 Å². The number of hydrogen-bond donors (Lipinski definition) is 2. The van der Waals surface area contributed by atoms with E-state index in [-0.39, 0.29) is 5.75 Å². The molecule has 1 aromatic rings. The minimum absolute atomic E-state index is 0.0923. The largest absolute Gasteiger partial charge is 0.382 e. The molecular formula is C15H24N2O2S. The third kappa shape index (κ3) is 4.71. The van der Waals surface area contributed by atoms with Gasteiger partial charge in [-0.15, -0.1) is 0 Å². The Morgan fingerprint density at radius 2 is 1.55 bits per heavy atom. The summed E-state index contributed by atoms with van der Waals surface area (Å²) in [6.45, 7) is 1.63. The van der Waals surface area contributed by atoms with Gasteiger partial charge < -0.3 is 5.32 Å². The van der Waals surface area contributed by atoms with Crippen LogP contribution in [0.25, 0.3) is 0 Å². The van der Waals surface area contributed by atoms with E-state index >= 15 is 0 Å². The average molecular weight is 296 g/mol. The molecule has 0 amide bonds. The Morgan fingerprint density at radius 1 is 1.00 bits per heavy atom. The lowest BCUT2D eigenvalue weighted by atomic mass is 10.1. The lowest BCUT2D eigenvalue weighted by Gasteiger charge is -2.18. The third-order valence-corrected chi connectivity index (χ3v) is 5.07. The van der Waals surface area contributed by atoms with Crippen molar-refractivity contribution in [1.82, 2.24) is 0 Å². The molecule has 1 saturated carbocycles. The van der Waals surface area contributed by atoms with Gasteiger partial charge in [-0.25, -0.2) is 8.42 Å². The molecule has 1 aromatic carbocycles. The predicted molar refractivity (Wildman–Crippen MR) is 84.6 cm³/mol. The predicted octanol–water partition coefficient (Wildman–Crippen LogP) is 3.58. The van der Waals surface area contributed by atoms with Crippen molar-refractivity contribution in [3.05, 3.63) is 24.3 Å². The SMILES string of the molecule is CCS(=O)(=O)Nc1ccc(NC2CCCCCC2)cc1. The second-order valence-corrected chi connectivity index (χ2v) is 7.43. The van der Waals surface area contributed by atoms with Gasteiger partial charge in [0.25, 0.3) is 0 Å². The molecule has 0 atom stereocenters. The first-order valence-electron chi connectivity index (χ1n) is 7.46. The van der Waals surface area contributed by atoms with Crippen molar-refractivity contribution in [2.24, 2.45) is 0 Å². The molecule has 0 aromatic heterocycles. The average Bonchev–Trinajstić information content (AvgIpc) is 2.69. The van der Waals surface area contributed by atoms with Crippen LogP contribution in [0.1, 0.15) is 45.4 Å². The molecule has 2 rings (SSSR count). The highest BCUT2D eigenvalue weighted by Crippen LogP contribution is 2.22. The van der Waals surface area contributed by atoms with E-state index < -0.39 is 10.0 Å². The van der Waals surface area contributed by atoms with Gasteiger partial charge in [-0.2, -0.15) is 0 Å². The maximum Gasteiger partial charge on any atom is 0.232 e. The van der Waals surface area contributed by atoms with Crippen molar-refractivity contribution >= 4 is 21.4 Å². The maximum atomic E-state index is 11.5. The van der Waals surface area contributed by atoms with E-state index in [1.807, 2.05) is 24.3 Å². The number of sulfonamides is 1. The molecule has 0 spiro atoms. The van der Waals surface area contributed by atoms with Gasteiger partial charge in [-0.1, -0.05) is 25.7 Å². The van der Waals surface area contributed by atoms with Crippen LogP contribution in [0.4, 0.5) is 11.4 Å². The quantitative estimate of drug-likeness (QED) is 0.816. The first-order valence-corrected chi connectivity index (χ1v) is 9.11. The minimum Gasteiger partial charge on any atom is -0.382 e. The van der Waals surface area contributed by atoms with Crippen LogP contribution in [-0.2, 0) is 10.0 Å². The summed E-state index contributed by atoms with van der Waals surface area (Å²) in [5.41, 5.74) is 1.69. The number of anilines is 2. The first-order chi connectivity index (χ1) is 9.59. The molecular weight excluding hydrogens is 272 g/mol. The van der Waals surface area contributed by atoms with Crippen LogP contribution in [0, 0.1) is 0 Å². The summed E-state index contributed by atoms with van der Waals surface area (Å²) in [6.07, 6.45) is 7.73. The zero-order valence-electron chi connectivity index (χ0n) is 12.1. The Balaban J connectivity index is 1.94. The molecule has 0 saturated heterocycles. The van der Waals surface area contributed by atoms with E-state index in [4.69, 9.17) is 0 Å². The first kappa shape index (κ1) is 15.2. The Hall–Kier alpha value is -1.23. The van der Waals surface area contributed by atoms with Gasteiger partial charge in [0.05, 0.1) is 5.75 Å². The highest BCUT2D eigenvalue weighted by molar-refractivity contribution is 7.92. The molecule has 1 aliphatic carbocycles. The van der Waals surface area contributed by atoms with Crippen LogP contribution in [-0.4, -0.2) is 20.2 Å². The monoisotopic (exact) mass is 296 g/mol. The summed E-state index contributed by atoms with van der Waals surface area (Å²) in [5.74, 6) is 0.0923. The third-order valence-electron chi connectivity index (χ3n) is 3.76. The molecule has 0 bridgehead atoms. The van der Waals surface area contributed by atoms with Gasteiger partial charge in [0.1, 0.15) is 0 Å². The van der Waals surface area contributed by atoms with Gasteiger partial charge in [0.2, 0.25) is 10.0 Å². The van der Waals surface area contributed by atoms with Gasteiger partial charge in [0, 0.05) is 17.4 Å². The van der Waals surface area contributed by atoms with Crippen molar-refractivity contribution in [3.63, 3.8) is 0 Å². The van der Waals surface area contributed by atoms with Gasteiger partial charge in [-0.05, 0) is 44.0 Å². The van der Waals surface area contributed by atoms with Crippen LogP contribution in [0.2, 0.25) is 0 Å². The van der Waals surface area contributed by atoms with E-state index in [1.54, 1.807) is 6.92 Å². The molecule has 0 aliphatic heterocycles. The van der Waals surface area contributed by atoms with E-state index in [0.717, 1.165) is 5.69 Å². The van der Waals surface area contributed by atoms with Crippen LogP contribution in [0.3, 0.4) is 0 Å². The van der Waals surface area contributed by atoms with E-state index in [9.17, 15) is 8.42 Å². The highest BCUT2D eigenvalue weighted by Gasteiger charge is 2.12. The van der Waals surface area contributed by atoms with Crippen molar-refractivity contribution in [3.8, 4) is 0 Å². The topological polar surface area (TPSA) is 58.2 Å². The maximum absolute atomic E-state index is 11.5. The van der Waals surface area contributed by atoms with Crippen LogP contribution in [0.15, 0.2) is 24.3 Å². The summed E-state index contributed by atoms with van der Waals surface area (Å²) in [7, 11) is -3.19. The standard InChI is InChI=1S/C15H24N2O2S/c1-2-20(18,19)17-15-11-9-14(10-12-15)16-13-7-5-3-4-6-8-13/h9-13,16-17H,2-8H2,1H3. The molecule has 2 N–H and O–H groups in total. The highest BCUT2D eigenvalue weighted by atomic mass is 32.2. The second kappa shape index (κ2) is 6.97. The lowest BCUT2D eigenvalue weighted by Crippen LogP contribution is -2.18. The molecule has 0 heterocycles. The van der Waals surface area contributed by atoms with Crippen molar-refractivity contribution in [1.29, 1.82) is 0 Å². The summed E-state index contributed by atoms with van der Waals surface area (Å²) in [5, 5.41) is 3.55. The van der Waals surface area contributed by atoms with Gasteiger partial charge in [0.15, 0.2) is 0 Å².